The molecule has 12 heteroatoms. The molecule has 3 aromatic rings. The highest BCUT2D eigenvalue weighted by Gasteiger charge is 2.27. The molecule has 10 nitrogen and oxygen atoms in total. The fourth-order valence-corrected chi connectivity index (χ4v) is 7.37. The molecule has 0 amide bonds. The number of nitrogens with zero attached hydrogens (tertiary/aromatic N) is 6. The summed E-state index contributed by atoms with van der Waals surface area (Å²) in [6, 6.07) is 6.19. The lowest BCUT2D eigenvalue weighted by Gasteiger charge is -2.35. The normalized spacial score (nSPS) is 17.8. The first-order valence-electron chi connectivity index (χ1n) is 13.4. The fraction of sp³-hybridized carbons (Fsp3) is 0.577. The first-order valence-corrected chi connectivity index (χ1v) is 15.8. The molecule has 0 atom stereocenters. The molecule has 1 aromatic carbocycles. The molecule has 2 aliphatic heterocycles. The summed E-state index contributed by atoms with van der Waals surface area (Å²) >= 11 is 1.56. The van der Waals surface area contributed by atoms with Crippen LogP contribution in [-0.2, 0) is 16.4 Å². The van der Waals surface area contributed by atoms with Crippen molar-refractivity contribution in [2.75, 3.05) is 61.4 Å². The molecule has 2 fully saturated rings. The van der Waals surface area contributed by atoms with Crippen molar-refractivity contribution in [3.8, 4) is 5.19 Å². The van der Waals surface area contributed by atoms with Gasteiger partial charge in [0.2, 0.25) is 16.0 Å². The van der Waals surface area contributed by atoms with Crippen molar-refractivity contribution >= 4 is 43.2 Å². The van der Waals surface area contributed by atoms with Gasteiger partial charge in [-0.25, -0.2) is 23.4 Å². The van der Waals surface area contributed by atoms with E-state index in [-0.39, 0.29) is 24.9 Å². The summed E-state index contributed by atoms with van der Waals surface area (Å²) in [6.45, 7) is 5.94. The minimum absolute atomic E-state index is 0.00194. The van der Waals surface area contributed by atoms with E-state index in [1.54, 1.807) is 11.3 Å². The van der Waals surface area contributed by atoms with Gasteiger partial charge in [0.1, 0.15) is 6.10 Å². The molecule has 0 unspecified atom stereocenters. The summed E-state index contributed by atoms with van der Waals surface area (Å²) in [7, 11) is -3.31. The predicted molar refractivity (Wildman–Crippen MR) is 151 cm³/mol. The van der Waals surface area contributed by atoms with Crippen molar-refractivity contribution in [1.29, 1.82) is 0 Å². The molecule has 38 heavy (non-hydrogen) atoms. The van der Waals surface area contributed by atoms with Crippen molar-refractivity contribution < 1.29 is 18.3 Å². The Hall–Kier alpha value is -2.54. The molecule has 5 rings (SSSR count). The van der Waals surface area contributed by atoms with Crippen LogP contribution in [0.25, 0.3) is 10.2 Å². The molecule has 0 bridgehead atoms. The third-order valence-electron chi connectivity index (χ3n) is 7.13. The van der Waals surface area contributed by atoms with Gasteiger partial charge in [0.15, 0.2) is 0 Å². The van der Waals surface area contributed by atoms with Crippen LogP contribution < -0.4 is 14.5 Å². The number of hydrogen-bond acceptors (Lipinski definition) is 10. The number of fused-ring (bicyclic) bond motifs is 1. The number of benzene rings is 1. The Morgan fingerprint density at radius 1 is 1.05 bits per heavy atom. The molecule has 0 radical (unpaired) electrons. The molecule has 0 saturated carbocycles. The highest BCUT2D eigenvalue weighted by molar-refractivity contribution is 7.89. The number of aliphatic hydroxyl groups excluding tert-OH is 1. The van der Waals surface area contributed by atoms with E-state index in [1.807, 2.05) is 24.5 Å². The summed E-state index contributed by atoms with van der Waals surface area (Å²) in [5, 5.41) is 9.65. The Morgan fingerprint density at radius 3 is 2.47 bits per heavy atom. The van der Waals surface area contributed by atoms with Gasteiger partial charge in [-0.15, -0.1) is 0 Å². The minimum Gasteiger partial charge on any atom is -0.467 e. The van der Waals surface area contributed by atoms with Crippen molar-refractivity contribution in [2.24, 2.45) is 0 Å². The van der Waals surface area contributed by atoms with E-state index >= 15 is 0 Å². The van der Waals surface area contributed by atoms with E-state index in [4.69, 9.17) is 14.8 Å². The molecule has 0 spiro atoms. The Kier molecular flexibility index (Phi) is 8.61. The van der Waals surface area contributed by atoms with Crippen LogP contribution in [0.15, 0.2) is 30.6 Å². The molecule has 206 valence electrons. The minimum atomic E-state index is -3.31. The maximum Gasteiger partial charge on any atom is 0.274 e. The van der Waals surface area contributed by atoms with E-state index in [0.29, 0.717) is 31.4 Å². The van der Waals surface area contributed by atoms with E-state index in [9.17, 15) is 8.42 Å². The third kappa shape index (κ3) is 6.36. The first kappa shape index (κ1) is 27.0. The molecule has 2 saturated heterocycles. The lowest BCUT2D eigenvalue weighted by atomic mass is 10.1. The largest absolute Gasteiger partial charge is 0.467 e. The van der Waals surface area contributed by atoms with Gasteiger partial charge in [0, 0.05) is 76.8 Å². The highest BCUT2D eigenvalue weighted by Crippen LogP contribution is 2.33. The average molecular weight is 561 g/mol. The zero-order valence-corrected chi connectivity index (χ0v) is 23.5. The Balaban J connectivity index is 1.15. The highest BCUT2D eigenvalue weighted by atomic mass is 32.2. The Labute approximate surface area is 228 Å². The van der Waals surface area contributed by atoms with Crippen LogP contribution in [0.5, 0.6) is 5.19 Å². The number of anilines is 2. The van der Waals surface area contributed by atoms with Crippen LogP contribution in [0.1, 0.15) is 38.2 Å². The summed E-state index contributed by atoms with van der Waals surface area (Å²) in [5.41, 5.74) is 3.16. The number of piperazine rings is 1. The standard InChI is InChI=1S/C26H36N6O4S2/c1-2-4-20-18-27-25(28-19-20)31-9-7-22(8-10-31)36-26-29-23-6-5-21(17-24(23)37-26)30-11-13-32(14-12-30)38(34,35)16-3-15-33/h5-6,17-19,22,33H,2-4,7-16H2,1H3. The van der Waals surface area contributed by atoms with Gasteiger partial charge in [-0.1, -0.05) is 24.7 Å². The third-order valence-corrected chi connectivity index (χ3v) is 10.00. The second kappa shape index (κ2) is 12.1. The summed E-state index contributed by atoms with van der Waals surface area (Å²) in [4.78, 5) is 18.2. The van der Waals surface area contributed by atoms with E-state index < -0.39 is 10.0 Å². The second-order valence-corrected chi connectivity index (χ2v) is 12.9. The zero-order valence-electron chi connectivity index (χ0n) is 21.8. The fourth-order valence-electron chi connectivity index (χ4n) is 4.99. The van der Waals surface area contributed by atoms with Gasteiger partial charge in [-0.2, -0.15) is 4.31 Å². The van der Waals surface area contributed by atoms with Crippen molar-refractivity contribution in [1.82, 2.24) is 19.3 Å². The molecular weight excluding hydrogens is 524 g/mol. The molecule has 2 aromatic heterocycles. The number of aromatic nitrogens is 3. The van der Waals surface area contributed by atoms with Gasteiger partial charge < -0.3 is 19.6 Å². The summed E-state index contributed by atoms with van der Waals surface area (Å²) in [5.74, 6) is 0.789. The first-order chi connectivity index (χ1) is 18.4. The van der Waals surface area contributed by atoms with E-state index in [0.717, 1.165) is 60.6 Å². The Bertz CT molecular complexity index is 1300. The predicted octanol–water partition coefficient (Wildman–Crippen LogP) is 2.92. The van der Waals surface area contributed by atoms with Gasteiger partial charge in [0.05, 0.1) is 16.0 Å². The maximum atomic E-state index is 12.4. The number of hydrogen-bond donors (Lipinski definition) is 1. The average Bonchev–Trinajstić information content (AvgIpc) is 3.34. The maximum absolute atomic E-state index is 12.4. The number of aryl methyl sites for hydroxylation is 1. The monoisotopic (exact) mass is 560 g/mol. The lowest BCUT2D eigenvalue weighted by Crippen LogP contribution is -2.49. The van der Waals surface area contributed by atoms with Crippen molar-refractivity contribution in [3.05, 3.63) is 36.2 Å². The number of ether oxygens (including phenoxy) is 1. The molecule has 4 heterocycles. The van der Waals surface area contributed by atoms with Gasteiger partial charge >= 0.3 is 0 Å². The summed E-state index contributed by atoms with van der Waals surface area (Å²) < 4.78 is 33.7. The number of piperidine rings is 1. The topological polar surface area (TPSA) is 112 Å². The second-order valence-electron chi connectivity index (χ2n) is 9.86. The lowest BCUT2D eigenvalue weighted by molar-refractivity contribution is 0.170. The van der Waals surface area contributed by atoms with E-state index in [1.165, 1.54) is 9.87 Å². The van der Waals surface area contributed by atoms with Crippen LogP contribution in [0, 0.1) is 0 Å². The zero-order chi connectivity index (χ0) is 26.5. The number of sulfonamides is 1. The van der Waals surface area contributed by atoms with Crippen LogP contribution >= 0.6 is 11.3 Å². The van der Waals surface area contributed by atoms with Crippen LogP contribution in [0.4, 0.5) is 11.6 Å². The van der Waals surface area contributed by atoms with Gasteiger partial charge in [-0.3, -0.25) is 0 Å². The van der Waals surface area contributed by atoms with Gasteiger partial charge in [0.25, 0.3) is 5.19 Å². The van der Waals surface area contributed by atoms with E-state index in [2.05, 4.69) is 32.8 Å². The number of aliphatic hydroxyl groups is 1. The van der Waals surface area contributed by atoms with Crippen molar-refractivity contribution in [2.45, 2.75) is 45.1 Å². The van der Waals surface area contributed by atoms with Gasteiger partial charge in [-0.05, 0) is 36.6 Å². The van der Waals surface area contributed by atoms with Crippen LogP contribution in [-0.4, -0.2) is 90.5 Å². The smallest absolute Gasteiger partial charge is 0.274 e. The molecule has 2 aliphatic rings. The SMILES string of the molecule is CCCc1cnc(N2CCC(Oc3nc4ccc(N5CCN(S(=O)(=O)CCCO)CC5)cc4s3)CC2)nc1. The van der Waals surface area contributed by atoms with Crippen LogP contribution in [0.2, 0.25) is 0 Å². The van der Waals surface area contributed by atoms with Crippen LogP contribution in [0.3, 0.4) is 0 Å². The molecular formula is C26H36N6O4S2. The number of thiazole rings is 1. The molecule has 1 N–H and O–H groups in total. The Morgan fingerprint density at radius 2 is 1.79 bits per heavy atom. The summed E-state index contributed by atoms with van der Waals surface area (Å²) in [6.07, 6.45) is 8.15. The van der Waals surface area contributed by atoms with Crippen molar-refractivity contribution in [3.63, 3.8) is 0 Å². The number of rotatable bonds is 10. The molecule has 0 aliphatic carbocycles. The quantitative estimate of drug-likeness (QED) is 0.400.